The second kappa shape index (κ2) is 5.99. The van der Waals surface area contributed by atoms with Crippen molar-refractivity contribution in [1.82, 2.24) is 14.9 Å². The fraction of sp³-hybridized carbons (Fsp3) is 0.455. The lowest BCUT2D eigenvalue weighted by Gasteiger charge is -2.01. The number of Topliss-reactive ketones (excluding diaryl/α,β-unsaturated/α-hetero) is 1. The van der Waals surface area contributed by atoms with Crippen LogP contribution in [0, 0.1) is 12.3 Å². The molecule has 15 heavy (non-hydrogen) atoms. The number of hydrogen-bond acceptors (Lipinski definition) is 3. The summed E-state index contributed by atoms with van der Waals surface area (Å²) in [6, 6.07) is 0. The number of nitrogens with one attached hydrogen (secondary N) is 1. The molecule has 1 aromatic rings. The topological polar surface area (TPSA) is 46.9 Å². The van der Waals surface area contributed by atoms with Crippen molar-refractivity contribution < 1.29 is 4.79 Å². The lowest BCUT2D eigenvalue weighted by molar-refractivity contribution is -0.118. The highest BCUT2D eigenvalue weighted by Crippen LogP contribution is 1.99. The summed E-state index contributed by atoms with van der Waals surface area (Å²) in [7, 11) is 1.92. The Morgan fingerprint density at radius 2 is 2.53 bits per heavy atom. The zero-order chi connectivity index (χ0) is 11.1. The van der Waals surface area contributed by atoms with Gasteiger partial charge in [-0.3, -0.25) is 10.1 Å². The monoisotopic (exact) mass is 205 g/mol. The maximum Gasteiger partial charge on any atom is 0.147 e. The Labute approximate surface area is 89.7 Å². The lowest BCUT2D eigenvalue weighted by atomic mass is 10.2. The van der Waals surface area contributed by atoms with E-state index in [1.807, 2.05) is 17.8 Å². The van der Waals surface area contributed by atoms with Crippen LogP contribution in [0.1, 0.15) is 12.2 Å². The van der Waals surface area contributed by atoms with Crippen LogP contribution >= 0.6 is 0 Å². The summed E-state index contributed by atoms with van der Waals surface area (Å²) < 4.78 is 1.92. The number of ketones is 1. The van der Waals surface area contributed by atoms with Gasteiger partial charge in [-0.15, -0.1) is 6.42 Å². The fourth-order valence-electron chi connectivity index (χ4n) is 1.25. The van der Waals surface area contributed by atoms with E-state index in [-0.39, 0.29) is 5.78 Å². The average Bonchev–Trinajstić information content (AvgIpc) is 2.61. The third kappa shape index (κ3) is 3.96. The number of rotatable bonds is 6. The van der Waals surface area contributed by atoms with Gasteiger partial charge in [0.05, 0.1) is 13.1 Å². The average molecular weight is 205 g/mol. The molecule has 4 nitrogen and oxygen atoms in total. The number of nitrogens with zero attached hydrogens (tertiary/aromatic N) is 2. The van der Waals surface area contributed by atoms with Crippen molar-refractivity contribution in [1.29, 1.82) is 0 Å². The minimum atomic E-state index is 0.160. The van der Waals surface area contributed by atoms with Crippen LogP contribution < -0.4 is 5.32 Å². The van der Waals surface area contributed by atoms with Gasteiger partial charge in [0.15, 0.2) is 0 Å². The Morgan fingerprint density at radius 3 is 3.13 bits per heavy atom. The molecule has 0 unspecified atom stereocenters. The third-order valence-electron chi connectivity index (χ3n) is 2.10. The molecule has 80 valence electrons. The van der Waals surface area contributed by atoms with Crippen molar-refractivity contribution >= 4 is 5.78 Å². The van der Waals surface area contributed by atoms with E-state index >= 15 is 0 Å². The van der Waals surface area contributed by atoms with Gasteiger partial charge in [0.2, 0.25) is 0 Å². The molecule has 0 radical (unpaired) electrons. The molecular formula is C11H15N3O. The first-order valence-corrected chi connectivity index (χ1v) is 4.86. The molecule has 0 spiro atoms. The largest absolute Gasteiger partial charge is 0.338 e. The molecule has 0 aliphatic heterocycles. The highest BCUT2D eigenvalue weighted by Gasteiger charge is 2.04. The first-order chi connectivity index (χ1) is 7.24. The van der Waals surface area contributed by atoms with Gasteiger partial charge in [-0.05, 0) is 0 Å². The molecule has 1 aromatic heterocycles. The number of terminal acetylenes is 1. The van der Waals surface area contributed by atoms with Gasteiger partial charge in [-0.1, -0.05) is 5.92 Å². The van der Waals surface area contributed by atoms with Crippen LogP contribution in [0.3, 0.4) is 0 Å². The van der Waals surface area contributed by atoms with E-state index in [4.69, 9.17) is 6.42 Å². The van der Waals surface area contributed by atoms with E-state index in [0.717, 1.165) is 5.82 Å². The minimum Gasteiger partial charge on any atom is -0.338 e. The van der Waals surface area contributed by atoms with Crippen LogP contribution in [0.2, 0.25) is 0 Å². The number of aryl methyl sites for hydroxylation is 2. The van der Waals surface area contributed by atoms with Crippen molar-refractivity contribution in [3.05, 3.63) is 18.2 Å². The van der Waals surface area contributed by atoms with Crippen molar-refractivity contribution in [3.63, 3.8) is 0 Å². The van der Waals surface area contributed by atoms with Crippen molar-refractivity contribution in [2.75, 3.05) is 13.1 Å². The van der Waals surface area contributed by atoms with E-state index in [9.17, 15) is 4.79 Å². The number of carbonyl (C=O) groups is 1. The van der Waals surface area contributed by atoms with E-state index in [2.05, 4.69) is 16.2 Å². The van der Waals surface area contributed by atoms with Gasteiger partial charge in [0.25, 0.3) is 0 Å². The second-order valence-corrected chi connectivity index (χ2v) is 3.30. The molecule has 1 N–H and O–H groups in total. The van der Waals surface area contributed by atoms with Crippen LogP contribution in [-0.4, -0.2) is 28.4 Å². The summed E-state index contributed by atoms with van der Waals surface area (Å²) in [6.07, 6.45) is 9.84. The van der Waals surface area contributed by atoms with E-state index in [0.29, 0.717) is 25.9 Å². The van der Waals surface area contributed by atoms with Crippen molar-refractivity contribution in [3.8, 4) is 12.3 Å². The van der Waals surface area contributed by atoms with Crippen molar-refractivity contribution in [2.45, 2.75) is 12.8 Å². The van der Waals surface area contributed by atoms with Crippen LogP contribution in [0.5, 0.6) is 0 Å². The predicted molar refractivity (Wildman–Crippen MR) is 58.2 cm³/mol. The molecule has 0 saturated heterocycles. The number of hydrogen-bond donors (Lipinski definition) is 1. The van der Waals surface area contributed by atoms with E-state index < -0.39 is 0 Å². The van der Waals surface area contributed by atoms with Gasteiger partial charge >= 0.3 is 0 Å². The second-order valence-electron chi connectivity index (χ2n) is 3.30. The third-order valence-corrected chi connectivity index (χ3v) is 2.10. The SMILES string of the molecule is C#CCNCC(=O)CCc1nccn1C. The number of aromatic nitrogens is 2. The van der Waals surface area contributed by atoms with Crippen LogP contribution in [-0.2, 0) is 18.3 Å². The first kappa shape index (κ1) is 11.5. The normalized spacial score (nSPS) is 9.87. The number of carbonyl (C=O) groups excluding carboxylic acids is 1. The van der Waals surface area contributed by atoms with E-state index in [1.165, 1.54) is 0 Å². The molecule has 0 saturated carbocycles. The van der Waals surface area contributed by atoms with Crippen LogP contribution in [0.15, 0.2) is 12.4 Å². The summed E-state index contributed by atoms with van der Waals surface area (Å²) in [4.78, 5) is 15.5. The van der Waals surface area contributed by atoms with Crippen LogP contribution in [0.4, 0.5) is 0 Å². The Bertz CT molecular complexity index is 362. The van der Waals surface area contributed by atoms with E-state index in [1.54, 1.807) is 6.20 Å². The molecule has 0 atom stereocenters. The smallest absolute Gasteiger partial charge is 0.147 e. The molecule has 0 bridgehead atoms. The van der Waals surface area contributed by atoms with Gasteiger partial charge in [0, 0.05) is 32.3 Å². The zero-order valence-corrected chi connectivity index (χ0v) is 8.86. The standard InChI is InChI=1S/C11H15N3O/c1-3-6-12-9-10(15)4-5-11-13-7-8-14(11)2/h1,7-8,12H,4-6,9H2,2H3. The van der Waals surface area contributed by atoms with Gasteiger partial charge in [0.1, 0.15) is 11.6 Å². The minimum absolute atomic E-state index is 0.160. The summed E-state index contributed by atoms with van der Waals surface area (Å²) in [5.74, 6) is 3.51. The van der Waals surface area contributed by atoms with Gasteiger partial charge < -0.3 is 4.57 Å². The molecule has 0 fully saturated rings. The summed E-state index contributed by atoms with van der Waals surface area (Å²) in [6.45, 7) is 0.781. The summed E-state index contributed by atoms with van der Waals surface area (Å²) in [5, 5.41) is 2.87. The molecule has 0 aliphatic carbocycles. The summed E-state index contributed by atoms with van der Waals surface area (Å²) >= 11 is 0. The Hall–Kier alpha value is -1.60. The molecular weight excluding hydrogens is 190 g/mol. The van der Waals surface area contributed by atoms with Gasteiger partial charge in [-0.25, -0.2) is 4.98 Å². The number of imidazole rings is 1. The Kier molecular flexibility index (Phi) is 4.58. The summed E-state index contributed by atoms with van der Waals surface area (Å²) in [5.41, 5.74) is 0. The lowest BCUT2D eigenvalue weighted by Crippen LogP contribution is -2.23. The molecule has 0 aromatic carbocycles. The molecule has 4 heteroatoms. The quantitative estimate of drug-likeness (QED) is 0.531. The first-order valence-electron chi connectivity index (χ1n) is 4.86. The highest BCUT2D eigenvalue weighted by atomic mass is 16.1. The molecule has 0 amide bonds. The van der Waals surface area contributed by atoms with Crippen molar-refractivity contribution in [2.24, 2.45) is 7.05 Å². The van der Waals surface area contributed by atoms with Crippen LogP contribution in [0.25, 0.3) is 0 Å². The molecule has 1 heterocycles. The molecule has 1 rings (SSSR count). The fourth-order valence-corrected chi connectivity index (χ4v) is 1.25. The maximum atomic E-state index is 11.4. The molecule has 0 aliphatic rings. The highest BCUT2D eigenvalue weighted by molar-refractivity contribution is 5.80. The predicted octanol–water partition coefficient (Wildman–Crippen LogP) is 0.145. The maximum absolute atomic E-state index is 11.4. The Balaban J connectivity index is 2.23. The zero-order valence-electron chi connectivity index (χ0n) is 8.86. The van der Waals surface area contributed by atoms with Gasteiger partial charge in [-0.2, -0.15) is 0 Å². The Morgan fingerprint density at radius 1 is 1.73 bits per heavy atom.